The number of aromatic nitrogens is 1. The summed E-state index contributed by atoms with van der Waals surface area (Å²) in [5.41, 5.74) is 0.894. The van der Waals surface area contributed by atoms with Gasteiger partial charge in [0.2, 0.25) is 5.91 Å². The maximum absolute atomic E-state index is 12.2. The van der Waals surface area contributed by atoms with E-state index in [0.717, 1.165) is 5.39 Å². The highest BCUT2D eigenvalue weighted by Gasteiger charge is 2.26. The molecule has 0 saturated carbocycles. The van der Waals surface area contributed by atoms with Gasteiger partial charge in [0.15, 0.2) is 0 Å². The number of pyridine rings is 1. The van der Waals surface area contributed by atoms with Crippen LogP contribution in [0.3, 0.4) is 0 Å². The fourth-order valence-electron chi connectivity index (χ4n) is 3.20. The Kier molecular flexibility index (Phi) is 6.44. The molecule has 8 nitrogen and oxygen atoms in total. The number of carbonyl (C=O) groups is 4. The number of nitrogens with one attached hydrogen (secondary N) is 3. The molecule has 2 amide bonds. The second kappa shape index (κ2) is 9.18. The molecule has 2 aromatic rings. The zero-order chi connectivity index (χ0) is 19.9. The summed E-state index contributed by atoms with van der Waals surface area (Å²) in [5.74, 6) is -1.17. The maximum Gasteiger partial charge on any atom is 0.270 e. The second-order valence-corrected chi connectivity index (χ2v) is 6.75. The first-order valence-electron chi connectivity index (χ1n) is 9.19. The summed E-state index contributed by atoms with van der Waals surface area (Å²) in [7, 11) is 0. The summed E-state index contributed by atoms with van der Waals surface area (Å²) in [6.07, 6.45) is 1.54. The van der Waals surface area contributed by atoms with Crippen molar-refractivity contribution in [3.05, 3.63) is 42.1 Å². The van der Waals surface area contributed by atoms with Crippen molar-refractivity contribution >= 4 is 34.8 Å². The van der Waals surface area contributed by atoms with Crippen LogP contribution in [-0.2, 0) is 14.4 Å². The number of rotatable bonds is 7. The van der Waals surface area contributed by atoms with E-state index < -0.39 is 17.9 Å². The van der Waals surface area contributed by atoms with Gasteiger partial charge in [0.25, 0.3) is 5.91 Å². The molecular weight excluding hydrogens is 360 g/mol. The van der Waals surface area contributed by atoms with E-state index in [1.807, 2.05) is 18.2 Å². The molecule has 146 valence electrons. The van der Waals surface area contributed by atoms with Gasteiger partial charge in [-0.25, -0.2) is 4.98 Å². The molecule has 2 heterocycles. The van der Waals surface area contributed by atoms with Crippen LogP contribution >= 0.6 is 0 Å². The third-order valence-corrected chi connectivity index (χ3v) is 4.71. The number of Topliss-reactive ketones (excluding diaryl/α,β-unsaturated/α-hetero) is 1. The Hall–Kier alpha value is -3.13. The van der Waals surface area contributed by atoms with E-state index in [4.69, 9.17) is 0 Å². The van der Waals surface area contributed by atoms with E-state index in [-0.39, 0.29) is 30.4 Å². The van der Waals surface area contributed by atoms with Gasteiger partial charge in [-0.15, -0.1) is 0 Å². The molecule has 3 rings (SSSR count). The number of hydrogen-bond acceptors (Lipinski definition) is 6. The molecule has 1 aromatic carbocycles. The molecule has 1 aliphatic heterocycles. The van der Waals surface area contributed by atoms with Gasteiger partial charge < -0.3 is 20.7 Å². The molecule has 0 spiro atoms. The first kappa shape index (κ1) is 19.6. The molecule has 0 radical (unpaired) electrons. The minimum absolute atomic E-state index is 0.0445. The molecule has 1 fully saturated rings. The highest BCUT2D eigenvalue weighted by Crippen LogP contribution is 2.14. The molecule has 2 atom stereocenters. The van der Waals surface area contributed by atoms with Crippen LogP contribution in [0.2, 0.25) is 0 Å². The van der Waals surface area contributed by atoms with Crippen LogP contribution in [0.15, 0.2) is 36.4 Å². The van der Waals surface area contributed by atoms with Gasteiger partial charge >= 0.3 is 0 Å². The average Bonchev–Trinajstić information content (AvgIpc) is 2.72. The zero-order valence-corrected chi connectivity index (χ0v) is 15.3. The standard InChI is InChI=1S/C20H22N4O4/c25-12-15(9-14-7-8-21-10-18(14)26)23-19(27)11-22-20(28)17-6-5-13-3-1-2-4-16(13)24-17/h1-6,12,14-15,21H,7-11H2,(H,22,28)(H,23,27). The summed E-state index contributed by atoms with van der Waals surface area (Å²) < 4.78 is 0. The fourth-order valence-corrected chi connectivity index (χ4v) is 3.20. The van der Waals surface area contributed by atoms with Gasteiger partial charge in [-0.1, -0.05) is 24.3 Å². The highest BCUT2D eigenvalue weighted by atomic mass is 16.2. The topological polar surface area (TPSA) is 117 Å². The fraction of sp³-hybridized carbons (Fsp3) is 0.350. The molecule has 1 aliphatic rings. The second-order valence-electron chi connectivity index (χ2n) is 6.75. The first-order chi connectivity index (χ1) is 13.6. The van der Waals surface area contributed by atoms with Crippen LogP contribution in [0.4, 0.5) is 0 Å². The third-order valence-electron chi connectivity index (χ3n) is 4.71. The molecule has 28 heavy (non-hydrogen) atoms. The Morgan fingerprint density at radius 3 is 2.86 bits per heavy atom. The first-order valence-corrected chi connectivity index (χ1v) is 9.19. The minimum atomic E-state index is -0.754. The number of carbonyl (C=O) groups excluding carboxylic acids is 4. The molecule has 0 aliphatic carbocycles. The Morgan fingerprint density at radius 1 is 1.25 bits per heavy atom. The van der Waals surface area contributed by atoms with E-state index >= 15 is 0 Å². The van der Waals surface area contributed by atoms with Gasteiger partial charge in [0, 0.05) is 11.3 Å². The maximum atomic E-state index is 12.2. The summed E-state index contributed by atoms with van der Waals surface area (Å²) in [6.45, 7) is 0.724. The average molecular weight is 382 g/mol. The van der Waals surface area contributed by atoms with Crippen molar-refractivity contribution in [2.75, 3.05) is 19.6 Å². The SMILES string of the molecule is O=CC(CC1CCNCC1=O)NC(=O)CNC(=O)c1ccc2ccccc2n1. The lowest BCUT2D eigenvalue weighted by Gasteiger charge is -2.24. The van der Waals surface area contributed by atoms with Crippen LogP contribution in [0.5, 0.6) is 0 Å². The van der Waals surface area contributed by atoms with E-state index in [1.54, 1.807) is 18.2 Å². The normalized spacial score (nSPS) is 17.7. The summed E-state index contributed by atoms with van der Waals surface area (Å²) in [4.78, 5) is 51.7. The molecule has 1 aromatic heterocycles. The molecule has 8 heteroatoms. The number of aldehydes is 1. The molecule has 3 N–H and O–H groups in total. The predicted molar refractivity (Wildman–Crippen MR) is 103 cm³/mol. The van der Waals surface area contributed by atoms with Gasteiger partial charge in [-0.3, -0.25) is 14.4 Å². The van der Waals surface area contributed by atoms with E-state index in [2.05, 4.69) is 20.9 Å². The number of fused-ring (bicyclic) bond motifs is 1. The zero-order valence-electron chi connectivity index (χ0n) is 15.3. The number of ketones is 1. The van der Waals surface area contributed by atoms with Crippen molar-refractivity contribution in [2.24, 2.45) is 5.92 Å². The number of amides is 2. The Labute approximate surface area is 162 Å². The summed E-state index contributed by atoms with van der Waals surface area (Å²) >= 11 is 0. The molecular formula is C20H22N4O4. The third kappa shape index (κ3) is 4.98. The van der Waals surface area contributed by atoms with Crippen molar-refractivity contribution in [3.63, 3.8) is 0 Å². The van der Waals surface area contributed by atoms with Gasteiger partial charge in [0.05, 0.1) is 24.6 Å². The van der Waals surface area contributed by atoms with Crippen molar-refractivity contribution in [2.45, 2.75) is 18.9 Å². The van der Waals surface area contributed by atoms with Crippen molar-refractivity contribution < 1.29 is 19.2 Å². The molecule has 2 unspecified atom stereocenters. The number of piperidine rings is 1. The van der Waals surface area contributed by atoms with Crippen LogP contribution in [0.1, 0.15) is 23.3 Å². The van der Waals surface area contributed by atoms with E-state index in [1.165, 1.54) is 0 Å². The lowest BCUT2D eigenvalue weighted by Crippen LogP contribution is -2.46. The largest absolute Gasteiger partial charge is 0.345 e. The Balaban J connectivity index is 1.51. The number of hydrogen-bond donors (Lipinski definition) is 3. The van der Waals surface area contributed by atoms with Crippen molar-refractivity contribution in [1.29, 1.82) is 0 Å². The molecule has 0 bridgehead atoms. The van der Waals surface area contributed by atoms with E-state index in [0.29, 0.717) is 31.3 Å². The lowest BCUT2D eigenvalue weighted by molar-refractivity contribution is -0.126. The number of para-hydroxylation sites is 1. The summed E-state index contributed by atoms with van der Waals surface area (Å²) in [5, 5.41) is 8.95. The number of nitrogens with zero attached hydrogens (tertiary/aromatic N) is 1. The Morgan fingerprint density at radius 2 is 2.07 bits per heavy atom. The lowest BCUT2D eigenvalue weighted by atomic mass is 9.90. The van der Waals surface area contributed by atoms with Gasteiger partial charge in [-0.05, 0) is 31.5 Å². The van der Waals surface area contributed by atoms with Crippen LogP contribution in [-0.4, -0.2) is 54.5 Å². The summed E-state index contributed by atoms with van der Waals surface area (Å²) in [6, 6.07) is 10.0. The van der Waals surface area contributed by atoms with E-state index in [9.17, 15) is 19.2 Å². The minimum Gasteiger partial charge on any atom is -0.345 e. The predicted octanol–water partition coefficient (Wildman–Crippen LogP) is 0.217. The van der Waals surface area contributed by atoms with Gasteiger partial charge in [0.1, 0.15) is 17.8 Å². The smallest absolute Gasteiger partial charge is 0.270 e. The highest BCUT2D eigenvalue weighted by molar-refractivity contribution is 5.97. The quantitative estimate of drug-likeness (QED) is 0.590. The van der Waals surface area contributed by atoms with Crippen LogP contribution in [0, 0.1) is 5.92 Å². The van der Waals surface area contributed by atoms with Crippen LogP contribution in [0.25, 0.3) is 10.9 Å². The van der Waals surface area contributed by atoms with Crippen molar-refractivity contribution in [1.82, 2.24) is 20.9 Å². The van der Waals surface area contributed by atoms with Gasteiger partial charge in [-0.2, -0.15) is 0 Å². The number of benzene rings is 1. The Bertz CT molecular complexity index is 899. The van der Waals surface area contributed by atoms with Crippen LogP contribution < -0.4 is 16.0 Å². The van der Waals surface area contributed by atoms with Crippen molar-refractivity contribution in [3.8, 4) is 0 Å². The monoisotopic (exact) mass is 382 g/mol. The molecule has 1 saturated heterocycles.